The fourth-order valence-corrected chi connectivity index (χ4v) is 3.47. The van der Waals surface area contributed by atoms with E-state index in [9.17, 15) is 4.79 Å². The molecule has 5 N–H and O–H groups in total. The molecule has 0 aliphatic carbocycles. The number of nitrogens with two attached hydrogens (primary N) is 1. The van der Waals surface area contributed by atoms with Gasteiger partial charge in [-0.1, -0.05) is 18.2 Å². The van der Waals surface area contributed by atoms with Gasteiger partial charge in [0.2, 0.25) is 5.91 Å². The van der Waals surface area contributed by atoms with E-state index >= 15 is 0 Å². The number of aromatic amines is 1. The van der Waals surface area contributed by atoms with Crippen molar-refractivity contribution in [3.8, 4) is 11.5 Å². The highest BCUT2D eigenvalue weighted by molar-refractivity contribution is 6.14. The molecule has 2 aromatic carbocycles. The van der Waals surface area contributed by atoms with Crippen molar-refractivity contribution in [2.45, 2.75) is 18.8 Å². The van der Waals surface area contributed by atoms with Crippen molar-refractivity contribution in [3.05, 3.63) is 77.4 Å². The first kappa shape index (κ1) is 18.9. The van der Waals surface area contributed by atoms with Gasteiger partial charge in [0.05, 0.1) is 11.4 Å². The lowest BCUT2D eigenvalue weighted by Gasteiger charge is -2.14. The molecular formula is C22H23N5O2. The Morgan fingerprint density at radius 3 is 2.45 bits per heavy atom. The van der Waals surface area contributed by atoms with Crippen LogP contribution >= 0.6 is 0 Å². The van der Waals surface area contributed by atoms with E-state index in [-0.39, 0.29) is 5.71 Å². The number of fused-ring (bicyclic) bond motifs is 1. The van der Waals surface area contributed by atoms with E-state index < -0.39 is 11.8 Å². The highest BCUT2D eigenvalue weighted by atomic mass is 16.5. The molecular weight excluding hydrogens is 366 g/mol. The SMILES string of the molecule is N=C(c1ccc(Oc2ccccc2)cc1)C(C(N)=O)c1nc2c([nH]1)CCNCC2. The first-order valence-corrected chi connectivity index (χ1v) is 9.61. The Bertz CT molecular complexity index is 988. The van der Waals surface area contributed by atoms with Crippen molar-refractivity contribution in [2.75, 3.05) is 13.1 Å². The molecule has 7 nitrogen and oxygen atoms in total. The first-order valence-electron chi connectivity index (χ1n) is 9.61. The van der Waals surface area contributed by atoms with Crippen molar-refractivity contribution in [3.63, 3.8) is 0 Å². The molecule has 1 aliphatic rings. The zero-order chi connectivity index (χ0) is 20.2. The van der Waals surface area contributed by atoms with Crippen molar-refractivity contribution in [1.29, 1.82) is 5.41 Å². The molecule has 1 unspecified atom stereocenters. The molecule has 0 radical (unpaired) electrons. The number of amides is 1. The lowest BCUT2D eigenvalue weighted by Crippen LogP contribution is -2.29. The molecule has 1 atom stereocenters. The molecule has 1 amide bonds. The van der Waals surface area contributed by atoms with Gasteiger partial charge in [-0.2, -0.15) is 0 Å². The van der Waals surface area contributed by atoms with Crippen LogP contribution in [0.2, 0.25) is 0 Å². The van der Waals surface area contributed by atoms with Crippen LogP contribution in [0.1, 0.15) is 28.7 Å². The largest absolute Gasteiger partial charge is 0.457 e. The van der Waals surface area contributed by atoms with E-state index in [1.165, 1.54) is 0 Å². The molecule has 1 aromatic heterocycles. The summed E-state index contributed by atoms with van der Waals surface area (Å²) >= 11 is 0. The van der Waals surface area contributed by atoms with Gasteiger partial charge in [0.25, 0.3) is 0 Å². The van der Waals surface area contributed by atoms with Crippen LogP contribution in [0.5, 0.6) is 11.5 Å². The van der Waals surface area contributed by atoms with Crippen molar-refractivity contribution < 1.29 is 9.53 Å². The van der Waals surface area contributed by atoms with Crippen molar-refractivity contribution in [1.82, 2.24) is 15.3 Å². The molecule has 29 heavy (non-hydrogen) atoms. The molecule has 0 bridgehead atoms. The standard InChI is InChI=1S/C22H23N5O2/c23-20(14-6-8-16(9-7-14)29-15-4-2-1-3-5-15)19(21(24)28)22-26-17-10-12-25-13-11-18(17)27-22/h1-9,19,23,25H,10-13H2,(H2,24,28)(H,26,27). The summed E-state index contributed by atoms with van der Waals surface area (Å²) in [6, 6.07) is 16.5. The number of para-hydroxylation sites is 1. The molecule has 0 saturated carbocycles. The summed E-state index contributed by atoms with van der Waals surface area (Å²) in [5.74, 6) is 0.314. The van der Waals surface area contributed by atoms with Crippen molar-refractivity contribution >= 4 is 11.6 Å². The Kier molecular flexibility index (Phi) is 5.39. The Morgan fingerprint density at radius 2 is 1.72 bits per heavy atom. The van der Waals surface area contributed by atoms with Gasteiger partial charge < -0.3 is 26.2 Å². The summed E-state index contributed by atoms with van der Waals surface area (Å²) in [5.41, 5.74) is 8.32. The van der Waals surface area contributed by atoms with E-state index in [1.807, 2.05) is 30.3 Å². The van der Waals surface area contributed by atoms with Gasteiger partial charge in [0.15, 0.2) is 0 Å². The van der Waals surface area contributed by atoms with Crippen LogP contribution in [-0.2, 0) is 17.6 Å². The van der Waals surface area contributed by atoms with E-state index in [4.69, 9.17) is 15.9 Å². The smallest absolute Gasteiger partial charge is 0.234 e. The van der Waals surface area contributed by atoms with Crippen LogP contribution in [-0.4, -0.2) is 34.7 Å². The maximum absolute atomic E-state index is 12.2. The fourth-order valence-electron chi connectivity index (χ4n) is 3.47. The molecule has 1 aliphatic heterocycles. The maximum atomic E-state index is 12.2. The van der Waals surface area contributed by atoms with E-state index in [0.717, 1.165) is 43.1 Å². The number of aromatic nitrogens is 2. The minimum atomic E-state index is -0.921. The van der Waals surface area contributed by atoms with Crippen LogP contribution < -0.4 is 15.8 Å². The third-order valence-electron chi connectivity index (χ3n) is 4.96. The lowest BCUT2D eigenvalue weighted by molar-refractivity contribution is -0.118. The molecule has 7 heteroatoms. The highest BCUT2D eigenvalue weighted by Gasteiger charge is 2.29. The van der Waals surface area contributed by atoms with Crippen LogP contribution in [0, 0.1) is 5.41 Å². The summed E-state index contributed by atoms with van der Waals surface area (Å²) in [6.45, 7) is 1.70. The quantitative estimate of drug-likeness (QED) is 0.485. The summed E-state index contributed by atoms with van der Waals surface area (Å²) in [4.78, 5) is 20.0. The molecule has 2 heterocycles. The van der Waals surface area contributed by atoms with E-state index in [0.29, 0.717) is 17.1 Å². The van der Waals surface area contributed by atoms with E-state index in [2.05, 4.69) is 15.3 Å². The van der Waals surface area contributed by atoms with Crippen LogP contribution in [0.25, 0.3) is 0 Å². The number of rotatable bonds is 6. The number of carbonyl (C=O) groups excluding carboxylic acids is 1. The highest BCUT2D eigenvalue weighted by Crippen LogP contribution is 2.25. The van der Waals surface area contributed by atoms with Gasteiger partial charge in [0.1, 0.15) is 23.2 Å². The second kappa shape index (κ2) is 8.28. The number of carbonyl (C=O) groups is 1. The zero-order valence-corrected chi connectivity index (χ0v) is 15.9. The number of H-pyrrole nitrogens is 1. The summed E-state index contributed by atoms with van der Waals surface area (Å²) < 4.78 is 5.79. The average Bonchev–Trinajstić information content (AvgIpc) is 2.98. The third kappa shape index (κ3) is 4.20. The molecule has 3 aromatic rings. The van der Waals surface area contributed by atoms with Gasteiger partial charge in [-0.05, 0) is 42.0 Å². The Morgan fingerprint density at radius 1 is 1.03 bits per heavy atom. The third-order valence-corrected chi connectivity index (χ3v) is 4.96. The Labute approximate surface area is 168 Å². The molecule has 0 spiro atoms. The Balaban J connectivity index is 1.55. The van der Waals surface area contributed by atoms with Gasteiger partial charge in [0, 0.05) is 31.6 Å². The second-order valence-corrected chi connectivity index (χ2v) is 6.99. The molecule has 4 rings (SSSR count). The molecule has 0 fully saturated rings. The zero-order valence-electron chi connectivity index (χ0n) is 15.9. The van der Waals surface area contributed by atoms with Crippen LogP contribution in [0.15, 0.2) is 54.6 Å². The number of benzene rings is 2. The first-order chi connectivity index (χ1) is 14.1. The van der Waals surface area contributed by atoms with Gasteiger partial charge in [-0.25, -0.2) is 4.98 Å². The number of nitrogens with zero attached hydrogens (tertiary/aromatic N) is 1. The number of primary amides is 1. The minimum Gasteiger partial charge on any atom is -0.457 e. The molecule has 148 valence electrons. The predicted molar refractivity (Wildman–Crippen MR) is 111 cm³/mol. The second-order valence-electron chi connectivity index (χ2n) is 6.99. The Hall–Kier alpha value is -3.45. The lowest BCUT2D eigenvalue weighted by atomic mass is 9.95. The molecule has 0 saturated heterocycles. The van der Waals surface area contributed by atoms with Crippen LogP contribution in [0.4, 0.5) is 0 Å². The van der Waals surface area contributed by atoms with Gasteiger partial charge >= 0.3 is 0 Å². The monoisotopic (exact) mass is 389 g/mol. The number of ether oxygens (including phenoxy) is 1. The average molecular weight is 389 g/mol. The van der Waals surface area contributed by atoms with E-state index in [1.54, 1.807) is 24.3 Å². The van der Waals surface area contributed by atoms with Crippen molar-refractivity contribution in [2.24, 2.45) is 5.73 Å². The van der Waals surface area contributed by atoms with Crippen LogP contribution in [0.3, 0.4) is 0 Å². The minimum absolute atomic E-state index is 0.116. The summed E-state index contributed by atoms with van der Waals surface area (Å²) in [7, 11) is 0. The summed E-state index contributed by atoms with van der Waals surface area (Å²) in [5, 5.41) is 11.9. The van der Waals surface area contributed by atoms with Gasteiger partial charge in [-0.15, -0.1) is 0 Å². The number of hydrogen-bond donors (Lipinski definition) is 4. The van der Waals surface area contributed by atoms with Gasteiger partial charge in [-0.3, -0.25) is 4.79 Å². The maximum Gasteiger partial charge on any atom is 0.234 e. The topological polar surface area (TPSA) is 117 Å². The number of nitrogens with one attached hydrogen (secondary N) is 3. The summed E-state index contributed by atoms with van der Waals surface area (Å²) in [6.07, 6.45) is 1.60. The normalized spacial score (nSPS) is 14.5. The fraction of sp³-hybridized carbons (Fsp3) is 0.227. The number of imidazole rings is 1. The predicted octanol–water partition coefficient (Wildman–Crippen LogP) is 2.53. The number of hydrogen-bond acceptors (Lipinski definition) is 5.